The molecule has 0 saturated carbocycles. The van der Waals surface area contributed by atoms with Gasteiger partial charge in [0.15, 0.2) is 0 Å². The zero-order chi connectivity index (χ0) is 16.6. The van der Waals surface area contributed by atoms with E-state index in [0.717, 1.165) is 16.5 Å². The van der Waals surface area contributed by atoms with Crippen LogP contribution in [-0.4, -0.2) is 5.97 Å². The van der Waals surface area contributed by atoms with Gasteiger partial charge in [-0.2, -0.15) is 0 Å². The van der Waals surface area contributed by atoms with Gasteiger partial charge in [-0.25, -0.2) is 9.59 Å². The molecular formula is C18H16O5. The molecule has 0 N–H and O–H groups in total. The van der Waals surface area contributed by atoms with Gasteiger partial charge in [0.25, 0.3) is 0 Å². The second kappa shape index (κ2) is 5.76. The summed E-state index contributed by atoms with van der Waals surface area (Å²) in [5.41, 5.74) is 3.00. The smallest absolute Gasteiger partial charge is 0.342 e. The molecule has 0 fully saturated rings. The standard InChI is InChI=1S/C18H16O5/c1-10-4-5-15-13(8-16(19)23-17(15)11(10)2)9-22-18(20)14-6-7-21-12(14)3/h4-8H,9H2,1-3H3. The minimum Gasteiger partial charge on any atom is -0.469 e. The lowest BCUT2D eigenvalue weighted by molar-refractivity contribution is 0.0472. The lowest BCUT2D eigenvalue weighted by atomic mass is 10.0. The SMILES string of the molecule is Cc1ccc2c(COC(=O)c3ccoc3C)cc(=O)oc2c1C. The number of carbonyl (C=O) groups is 1. The van der Waals surface area contributed by atoms with Crippen LogP contribution >= 0.6 is 0 Å². The third kappa shape index (κ3) is 2.77. The van der Waals surface area contributed by atoms with Gasteiger partial charge in [-0.05, 0) is 38.0 Å². The number of esters is 1. The van der Waals surface area contributed by atoms with Crippen LogP contribution in [0.15, 0.2) is 44.2 Å². The minimum absolute atomic E-state index is 0.00590. The van der Waals surface area contributed by atoms with Gasteiger partial charge in [0.1, 0.15) is 23.5 Å². The predicted molar refractivity (Wildman–Crippen MR) is 84.5 cm³/mol. The third-order valence-corrected chi connectivity index (χ3v) is 3.95. The van der Waals surface area contributed by atoms with Crippen molar-refractivity contribution in [2.75, 3.05) is 0 Å². The molecule has 5 nitrogen and oxygen atoms in total. The van der Waals surface area contributed by atoms with Crippen molar-refractivity contribution in [1.29, 1.82) is 0 Å². The first-order valence-electron chi connectivity index (χ1n) is 7.21. The Kier molecular flexibility index (Phi) is 3.78. The molecule has 118 valence electrons. The summed E-state index contributed by atoms with van der Waals surface area (Å²) in [6.45, 7) is 5.53. The van der Waals surface area contributed by atoms with Gasteiger partial charge in [-0.1, -0.05) is 12.1 Å². The van der Waals surface area contributed by atoms with Gasteiger partial charge in [-0.15, -0.1) is 0 Å². The van der Waals surface area contributed by atoms with Crippen LogP contribution in [0.4, 0.5) is 0 Å². The molecule has 2 heterocycles. The number of fused-ring (bicyclic) bond motifs is 1. The first-order chi connectivity index (χ1) is 11.0. The molecule has 0 unspecified atom stereocenters. The van der Waals surface area contributed by atoms with E-state index in [9.17, 15) is 9.59 Å². The Balaban J connectivity index is 1.94. The van der Waals surface area contributed by atoms with E-state index in [1.165, 1.54) is 12.3 Å². The molecule has 0 aliphatic carbocycles. The third-order valence-electron chi connectivity index (χ3n) is 3.95. The average Bonchev–Trinajstić information content (AvgIpc) is 2.95. The van der Waals surface area contributed by atoms with Crippen molar-refractivity contribution in [2.45, 2.75) is 27.4 Å². The predicted octanol–water partition coefficient (Wildman–Crippen LogP) is 3.67. The lowest BCUT2D eigenvalue weighted by Gasteiger charge is -2.09. The molecule has 0 aliphatic rings. The van der Waals surface area contributed by atoms with E-state index in [1.807, 2.05) is 26.0 Å². The Hall–Kier alpha value is -2.82. The molecule has 2 aromatic heterocycles. The molecule has 0 spiro atoms. The Labute approximate surface area is 132 Å². The van der Waals surface area contributed by atoms with Crippen molar-refractivity contribution in [1.82, 2.24) is 0 Å². The van der Waals surface area contributed by atoms with E-state index in [1.54, 1.807) is 13.0 Å². The Morgan fingerprint density at radius 1 is 1.17 bits per heavy atom. The van der Waals surface area contributed by atoms with Crippen LogP contribution in [0.2, 0.25) is 0 Å². The van der Waals surface area contributed by atoms with E-state index < -0.39 is 11.6 Å². The highest BCUT2D eigenvalue weighted by atomic mass is 16.5. The zero-order valence-corrected chi connectivity index (χ0v) is 13.1. The quantitative estimate of drug-likeness (QED) is 0.545. The first-order valence-corrected chi connectivity index (χ1v) is 7.21. The number of carbonyl (C=O) groups excluding carboxylic acids is 1. The first kappa shape index (κ1) is 15.1. The fourth-order valence-electron chi connectivity index (χ4n) is 2.46. The number of ether oxygens (including phenoxy) is 1. The van der Waals surface area contributed by atoms with Crippen molar-refractivity contribution in [3.63, 3.8) is 0 Å². The fraction of sp³-hybridized carbons (Fsp3) is 0.222. The number of furan rings is 1. The molecular weight excluding hydrogens is 296 g/mol. The largest absolute Gasteiger partial charge is 0.469 e. The topological polar surface area (TPSA) is 69.7 Å². The lowest BCUT2D eigenvalue weighted by Crippen LogP contribution is -2.08. The maximum absolute atomic E-state index is 12.1. The molecule has 1 aromatic carbocycles. The van der Waals surface area contributed by atoms with Gasteiger partial charge in [0, 0.05) is 17.0 Å². The molecule has 5 heteroatoms. The van der Waals surface area contributed by atoms with E-state index in [4.69, 9.17) is 13.6 Å². The second-order valence-electron chi connectivity index (χ2n) is 5.44. The number of hydrogen-bond donors (Lipinski definition) is 0. The van der Waals surface area contributed by atoms with Crippen molar-refractivity contribution in [3.8, 4) is 0 Å². The van der Waals surface area contributed by atoms with Crippen LogP contribution in [0.5, 0.6) is 0 Å². The van der Waals surface area contributed by atoms with Crippen molar-refractivity contribution < 1.29 is 18.4 Å². The van der Waals surface area contributed by atoms with Gasteiger partial charge >= 0.3 is 11.6 Å². The number of aryl methyl sites for hydroxylation is 3. The molecule has 3 rings (SSSR count). The fourth-order valence-corrected chi connectivity index (χ4v) is 2.46. The molecule has 0 radical (unpaired) electrons. The van der Waals surface area contributed by atoms with Crippen LogP contribution in [0.3, 0.4) is 0 Å². The van der Waals surface area contributed by atoms with Gasteiger partial charge < -0.3 is 13.6 Å². The minimum atomic E-state index is -0.485. The second-order valence-corrected chi connectivity index (χ2v) is 5.44. The van der Waals surface area contributed by atoms with Gasteiger partial charge in [0.05, 0.1) is 6.26 Å². The highest BCUT2D eigenvalue weighted by Crippen LogP contribution is 2.24. The van der Waals surface area contributed by atoms with Crippen LogP contribution in [0, 0.1) is 20.8 Å². The van der Waals surface area contributed by atoms with Crippen LogP contribution < -0.4 is 5.63 Å². The number of benzene rings is 1. The van der Waals surface area contributed by atoms with Gasteiger partial charge in [-0.3, -0.25) is 0 Å². The summed E-state index contributed by atoms with van der Waals surface area (Å²) in [5, 5.41) is 0.768. The summed E-state index contributed by atoms with van der Waals surface area (Å²) < 4.78 is 15.7. The summed E-state index contributed by atoms with van der Waals surface area (Å²) >= 11 is 0. The summed E-state index contributed by atoms with van der Waals surface area (Å²) in [5.74, 6) is 0.0142. The number of hydrogen-bond acceptors (Lipinski definition) is 5. The zero-order valence-electron chi connectivity index (χ0n) is 13.1. The molecule has 0 amide bonds. The van der Waals surface area contributed by atoms with E-state index in [0.29, 0.717) is 22.5 Å². The van der Waals surface area contributed by atoms with E-state index in [2.05, 4.69) is 0 Å². The van der Waals surface area contributed by atoms with Crippen LogP contribution in [0.25, 0.3) is 11.0 Å². The Morgan fingerprint density at radius 2 is 1.96 bits per heavy atom. The molecule has 0 saturated heterocycles. The molecule has 0 bridgehead atoms. The Bertz CT molecular complexity index is 946. The normalized spacial score (nSPS) is 10.9. The number of rotatable bonds is 3. The summed E-state index contributed by atoms with van der Waals surface area (Å²) in [6, 6.07) is 6.73. The maximum atomic E-state index is 12.1. The summed E-state index contributed by atoms with van der Waals surface area (Å²) in [7, 11) is 0. The molecule has 0 aliphatic heterocycles. The van der Waals surface area contributed by atoms with Crippen LogP contribution in [-0.2, 0) is 11.3 Å². The van der Waals surface area contributed by atoms with Crippen molar-refractivity contribution in [2.24, 2.45) is 0 Å². The van der Waals surface area contributed by atoms with Crippen LogP contribution in [0.1, 0.15) is 32.8 Å². The Morgan fingerprint density at radius 3 is 2.65 bits per heavy atom. The molecule has 0 atom stereocenters. The maximum Gasteiger partial charge on any atom is 0.342 e. The van der Waals surface area contributed by atoms with Gasteiger partial charge in [0.2, 0.25) is 0 Å². The van der Waals surface area contributed by atoms with E-state index >= 15 is 0 Å². The van der Waals surface area contributed by atoms with E-state index in [-0.39, 0.29) is 6.61 Å². The average molecular weight is 312 g/mol. The monoisotopic (exact) mass is 312 g/mol. The summed E-state index contributed by atoms with van der Waals surface area (Å²) in [6.07, 6.45) is 1.44. The highest BCUT2D eigenvalue weighted by molar-refractivity contribution is 5.90. The highest BCUT2D eigenvalue weighted by Gasteiger charge is 2.15. The molecule has 23 heavy (non-hydrogen) atoms. The summed E-state index contributed by atoms with van der Waals surface area (Å²) in [4.78, 5) is 23.8. The van der Waals surface area contributed by atoms with Crippen molar-refractivity contribution in [3.05, 3.63) is 69.0 Å². The van der Waals surface area contributed by atoms with Crippen molar-refractivity contribution >= 4 is 16.9 Å². The molecule has 3 aromatic rings.